The first kappa shape index (κ1) is 18.3. The van der Waals surface area contributed by atoms with Crippen LogP contribution in [0.3, 0.4) is 0 Å². The second-order valence-electron chi connectivity index (χ2n) is 5.77. The number of nitrogens with one attached hydrogen (secondary N) is 2. The first-order chi connectivity index (χ1) is 12.0. The van der Waals surface area contributed by atoms with Crippen LogP contribution in [0.4, 0.5) is 5.69 Å². The predicted octanol–water partition coefficient (Wildman–Crippen LogP) is 3.82. The summed E-state index contributed by atoms with van der Waals surface area (Å²) in [5.41, 5.74) is 3.22. The Kier molecular flexibility index (Phi) is 6.34. The lowest BCUT2D eigenvalue weighted by Crippen LogP contribution is -2.21. The Morgan fingerprint density at radius 2 is 2.16 bits per heavy atom. The average molecular weight is 336 g/mol. The van der Waals surface area contributed by atoms with Crippen molar-refractivity contribution in [2.45, 2.75) is 19.9 Å². The molecule has 1 atom stereocenters. The molecule has 0 spiro atoms. The van der Waals surface area contributed by atoms with Gasteiger partial charge in [0.15, 0.2) is 18.1 Å². The molecule has 5 heteroatoms. The first-order valence-corrected chi connectivity index (χ1v) is 8.12. The number of rotatable bonds is 8. The molecule has 0 aliphatic carbocycles. The number of amides is 1. The summed E-state index contributed by atoms with van der Waals surface area (Å²) in [5, 5.41) is 10.5. The predicted molar refractivity (Wildman–Crippen MR) is 103 cm³/mol. The molecule has 130 valence electrons. The van der Waals surface area contributed by atoms with E-state index in [1.165, 1.54) is 0 Å². The van der Waals surface area contributed by atoms with Gasteiger partial charge in [-0.1, -0.05) is 49.4 Å². The largest absolute Gasteiger partial charge is 0.683 e. The zero-order chi connectivity index (χ0) is 18.2. The quantitative estimate of drug-likeness (QED) is 0.431. The summed E-state index contributed by atoms with van der Waals surface area (Å²) < 4.78 is 1.97. The second kappa shape index (κ2) is 8.68. The number of anilines is 1. The monoisotopic (exact) mass is 336 g/mol. The van der Waals surface area contributed by atoms with E-state index >= 15 is 0 Å². The normalized spacial score (nSPS) is 14.5. The van der Waals surface area contributed by atoms with E-state index in [0.717, 1.165) is 16.9 Å². The Labute approximate surface area is 149 Å². The third-order valence-corrected chi connectivity index (χ3v) is 3.61. The van der Waals surface area contributed by atoms with Gasteiger partial charge in [-0.15, -0.1) is 0 Å². The van der Waals surface area contributed by atoms with E-state index in [1.807, 2.05) is 62.2 Å². The Balaban J connectivity index is 1.88. The van der Waals surface area contributed by atoms with Crippen LogP contribution >= 0.6 is 0 Å². The summed E-state index contributed by atoms with van der Waals surface area (Å²) in [6.07, 6.45) is 11.0. The number of carbonyl (C=O) groups excluding carboxylic acids is 1. The fraction of sp³-hybridized carbons (Fsp3) is 0.200. The number of allylic oxidation sites excluding steroid dienone is 2. The molecule has 1 amide bonds. The van der Waals surface area contributed by atoms with E-state index < -0.39 is 0 Å². The van der Waals surface area contributed by atoms with Gasteiger partial charge in [0.05, 0.1) is 0 Å². The maximum absolute atomic E-state index is 12.0. The maximum Gasteiger partial charge on any atom is 0.255 e. The van der Waals surface area contributed by atoms with Gasteiger partial charge < -0.3 is 16.0 Å². The Bertz CT molecular complexity index is 772. The molecule has 2 rings (SSSR count). The van der Waals surface area contributed by atoms with Crippen molar-refractivity contribution in [2.75, 3.05) is 12.4 Å². The zero-order valence-electron chi connectivity index (χ0n) is 14.9. The number of hydrogen-bond acceptors (Lipinski definition) is 2. The van der Waals surface area contributed by atoms with Crippen molar-refractivity contribution in [3.63, 3.8) is 0 Å². The number of hydrogen-bond donors (Lipinski definition) is 2. The van der Waals surface area contributed by atoms with Crippen LogP contribution < -0.4 is 10.6 Å². The van der Waals surface area contributed by atoms with Gasteiger partial charge in [0, 0.05) is 11.3 Å². The summed E-state index contributed by atoms with van der Waals surface area (Å²) in [5.74, 6) is -0.209. The molecule has 1 aromatic rings. The average Bonchev–Trinajstić information content (AvgIpc) is 2.57. The highest BCUT2D eigenvalue weighted by Crippen LogP contribution is 2.24. The summed E-state index contributed by atoms with van der Waals surface area (Å²) >= 11 is 0. The Morgan fingerprint density at radius 1 is 1.40 bits per heavy atom. The molecule has 2 N–H and O–H groups in total. The minimum Gasteiger partial charge on any atom is -0.683 e. The molecule has 25 heavy (non-hydrogen) atoms. The first-order valence-electron chi connectivity index (χ1n) is 8.12. The molecule has 0 radical (unpaired) electrons. The summed E-state index contributed by atoms with van der Waals surface area (Å²) in [4.78, 5) is 12.0. The van der Waals surface area contributed by atoms with E-state index in [-0.39, 0.29) is 11.9 Å². The molecule has 0 saturated heterocycles. The van der Waals surface area contributed by atoms with Crippen molar-refractivity contribution >= 4 is 17.8 Å². The van der Waals surface area contributed by atoms with Crippen LogP contribution in [-0.2, 0) is 4.79 Å². The molecule has 1 unspecified atom stereocenters. The van der Waals surface area contributed by atoms with E-state index in [0.29, 0.717) is 5.57 Å². The van der Waals surface area contributed by atoms with Crippen molar-refractivity contribution in [2.24, 2.45) is 0 Å². The maximum atomic E-state index is 12.0. The van der Waals surface area contributed by atoms with E-state index in [2.05, 4.69) is 22.5 Å². The highest BCUT2D eigenvalue weighted by molar-refractivity contribution is 6.05. The van der Waals surface area contributed by atoms with Gasteiger partial charge in [0.2, 0.25) is 0 Å². The highest BCUT2D eigenvalue weighted by atomic mass is 16.1. The van der Waals surface area contributed by atoms with Gasteiger partial charge in [-0.3, -0.25) is 4.79 Å². The molecular formula is C20H24N4O. The molecule has 0 saturated carbocycles. The molecule has 1 aliphatic heterocycles. The fourth-order valence-corrected chi connectivity index (χ4v) is 2.26. The van der Waals surface area contributed by atoms with Gasteiger partial charge in [0.1, 0.15) is 7.05 Å². The third kappa shape index (κ3) is 5.49. The van der Waals surface area contributed by atoms with Crippen molar-refractivity contribution in [1.29, 1.82) is 0 Å². The number of nitrogens with zero attached hydrogens (tertiary/aromatic N) is 2. The minimum absolute atomic E-state index is 0.0179. The van der Waals surface area contributed by atoms with Crippen LogP contribution in [0.5, 0.6) is 0 Å². The van der Waals surface area contributed by atoms with Crippen molar-refractivity contribution in [3.05, 3.63) is 83.7 Å². The van der Waals surface area contributed by atoms with Gasteiger partial charge in [-0.25, -0.2) is 4.58 Å². The van der Waals surface area contributed by atoms with Crippen molar-refractivity contribution < 1.29 is 9.37 Å². The van der Waals surface area contributed by atoms with Crippen LogP contribution in [0.1, 0.15) is 25.5 Å². The molecular weight excluding hydrogens is 312 g/mol. The van der Waals surface area contributed by atoms with Crippen LogP contribution in [0, 0.1) is 0 Å². The fourth-order valence-electron chi connectivity index (χ4n) is 2.26. The lowest BCUT2D eigenvalue weighted by atomic mass is 10.1. The standard InChI is InChI=1S/C20H24N4O/c1-5-7-15(2)20(25)23-18-9-6-8-17(12-18)16(3)21-10-11-22-19-13-24(4)14-19/h5-14,16,22H,2H2,1,3-4H3,(H,23,25)/b7-5-,11-10?. The zero-order valence-corrected chi connectivity index (χ0v) is 14.9. The van der Waals surface area contributed by atoms with Crippen LogP contribution in [-0.4, -0.2) is 23.7 Å². The van der Waals surface area contributed by atoms with Gasteiger partial charge in [-0.2, -0.15) is 6.20 Å². The SMILES string of the molecule is C=C(/C=C\C)C(=O)Nc1cccc(C(C)[N-]C=CNC2=C[N+](C)=C2)c1. The minimum atomic E-state index is -0.209. The molecule has 0 bridgehead atoms. The van der Waals surface area contributed by atoms with Gasteiger partial charge >= 0.3 is 0 Å². The molecule has 1 aliphatic rings. The molecule has 5 nitrogen and oxygen atoms in total. The second-order valence-corrected chi connectivity index (χ2v) is 5.77. The summed E-state index contributed by atoms with van der Waals surface area (Å²) in [7, 11) is 1.97. The molecule has 0 aromatic heterocycles. The lowest BCUT2D eigenvalue weighted by Gasteiger charge is -2.26. The number of benzene rings is 1. The van der Waals surface area contributed by atoms with E-state index in [9.17, 15) is 4.79 Å². The summed E-state index contributed by atoms with van der Waals surface area (Å²) in [6.45, 7) is 7.59. The van der Waals surface area contributed by atoms with Gasteiger partial charge in [-0.05, 0) is 25.3 Å². The van der Waals surface area contributed by atoms with E-state index in [4.69, 9.17) is 0 Å². The van der Waals surface area contributed by atoms with Crippen molar-refractivity contribution in [3.8, 4) is 0 Å². The Hall–Kier alpha value is -3.08. The molecule has 1 heterocycles. The number of carbonyl (C=O) groups is 1. The van der Waals surface area contributed by atoms with Crippen LogP contribution in [0.25, 0.3) is 5.32 Å². The van der Waals surface area contributed by atoms with Crippen molar-refractivity contribution in [1.82, 2.24) is 5.32 Å². The Morgan fingerprint density at radius 3 is 2.84 bits per heavy atom. The smallest absolute Gasteiger partial charge is 0.255 e. The highest BCUT2D eigenvalue weighted by Gasteiger charge is 2.09. The van der Waals surface area contributed by atoms with Gasteiger partial charge in [0.25, 0.3) is 5.91 Å². The van der Waals surface area contributed by atoms with Crippen LogP contribution in [0.2, 0.25) is 0 Å². The molecule has 1 aromatic carbocycles. The molecule has 0 fully saturated rings. The van der Waals surface area contributed by atoms with Crippen LogP contribution in [0.15, 0.2) is 72.9 Å². The third-order valence-electron chi connectivity index (χ3n) is 3.61. The topological polar surface area (TPSA) is 58.2 Å². The lowest BCUT2D eigenvalue weighted by molar-refractivity contribution is -0.429. The van der Waals surface area contributed by atoms with E-state index in [1.54, 1.807) is 24.6 Å². The summed E-state index contributed by atoms with van der Waals surface area (Å²) in [6, 6.07) is 7.65.